The number of nitriles is 1. The lowest BCUT2D eigenvalue weighted by molar-refractivity contribution is -0.128. The maximum Gasteiger partial charge on any atom is 0.319 e. The maximum absolute atomic E-state index is 12.7. The van der Waals surface area contributed by atoms with E-state index in [-0.39, 0.29) is 47.6 Å². The molecular formula is C46H45ClN10O5. The van der Waals surface area contributed by atoms with Gasteiger partial charge < -0.3 is 34.8 Å². The zero-order valence-corrected chi connectivity index (χ0v) is 34.9. The number of nitrogens with zero attached hydrogens (tertiary/aromatic N) is 10. The third-order valence-electron chi connectivity index (χ3n) is 12.0. The fraction of sp³-hybridized carbons (Fsp3) is 0.304. The van der Waals surface area contributed by atoms with Crippen LogP contribution in [0.1, 0.15) is 28.8 Å². The van der Waals surface area contributed by atoms with Gasteiger partial charge in [-0.25, -0.2) is 4.57 Å². The number of phenols is 2. The van der Waals surface area contributed by atoms with Crippen LogP contribution in [0.2, 0.25) is 5.02 Å². The van der Waals surface area contributed by atoms with E-state index in [4.69, 9.17) is 26.3 Å². The third kappa shape index (κ3) is 7.78. The number of hydrogen-bond acceptors (Lipinski definition) is 13. The number of amides is 1. The van der Waals surface area contributed by atoms with Crippen molar-refractivity contribution in [3.05, 3.63) is 113 Å². The van der Waals surface area contributed by atoms with Crippen molar-refractivity contribution >= 4 is 39.8 Å². The lowest BCUT2D eigenvalue weighted by atomic mass is 10.00. The van der Waals surface area contributed by atoms with Crippen LogP contribution in [0.4, 0.5) is 11.5 Å². The summed E-state index contributed by atoms with van der Waals surface area (Å²) in [7, 11) is 0. The highest BCUT2D eigenvalue weighted by Gasteiger charge is 2.34. The summed E-state index contributed by atoms with van der Waals surface area (Å²) < 4.78 is 7.86. The zero-order valence-electron chi connectivity index (χ0n) is 34.2. The Morgan fingerprint density at radius 2 is 1.76 bits per heavy atom. The first kappa shape index (κ1) is 40.5. The highest BCUT2D eigenvalue weighted by molar-refractivity contribution is 6.36. The van der Waals surface area contributed by atoms with Crippen molar-refractivity contribution in [1.29, 1.82) is 5.26 Å². The van der Waals surface area contributed by atoms with Gasteiger partial charge in [-0.3, -0.25) is 9.69 Å². The number of carbonyl (C=O) groups excluding carboxylic acids is 1. The summed E-state index contributed by atoms with van der Waals surface area (Å²) >= 11 is 6.76. The molecule has 316 valence electrons. The van der Waals surface area contributed by atoms with E-state index in [0.29, 0.717) is 73.6 Å². The van der Waals surface area contributed by atoms with E-state index >= 15 is 0 Å². The molecule has 4 aromatic carbocycles. The smallest absolute Gasteiger partial charge is 0.319 e. The quantitative estimate of drug-likeness (QED) is 0.127. The topological polar surface area (TPSA) is 180 Å². The molecule has 1 atom stereocenters. The van der Waals surface area contributed by atoms with Crippen molar-refractivity contribution in [1.82, 2.24) is 34.5 Å². The molecule has 0 radical (unpaired) electrons. The number of rotatable bonds is 11. The molecule has 2 fully saturated rings. The summed E-state index contributed by atoms with van der Waals surface area (Å²) in [4.78, 5) is 31.3. The van der Waals surface area contributed by atoms with Crippen LogP contribution in [0.5, 0.6) is 23.5 Å². The molecule has 16 heteroatoms. The summed E-state index contributed by atoms with van der Waals surface area (Å²) in [5, 5.41) is 51.5. The van der Waals surface area contributed by atoms with E-state index in [1.807, 2.05) is 42.5 Å². The van der Waals surface area contributed by atoms with Crippen LogP contribution in [-0.4, -0.2) is 108 Å². The predicted molar refractivity (Wildman–Crippen MR) is 235 cm³/mol. The van der Waals surface area contributed by atoms with Crippen molar-refractivity contribution in [2.75, 3.05) is 55.7 Å². The predicted octanol–water partition coefficient (Wildman–Crippen LogP) is 6.15. The lowest BCUT2D eigenvalue weighted by Gasteiger charge is -2.42. The Morgan fingerprint density at radius 3 is 2.53 bits per heavy atom. The molecule has 0 bridgehead atoms. The van der Waals surface area contributed by atoms with E-state index in [1.54, 1.807) is 17.9 Å². The van der Waals surface area contributed by atoms with E-state index in [0.717, 1.165) is 58.7 Å². The number of aryl methyl sites for hydroxylation is 1. The molecule has 1 amide bonds. The third-order valence-corrected chi connectivity index (χ3v) is 12.4. The molecule has 0 spiro atoms. The molecule has 2 aromatic heterocycles. The van der Waals surface area contributed by atoms with Crippen LogP contribution >= 0.6 is 11.6 Å². The Balaban J connectivity index is 0.896. The van der Waals surface area contributed by atoms with Crippen molar-refractivity contribution < 1.29 is 24.9 Å². The first-order valence-electron chi connectivity index (χ1n) is 20.6. The second-order valence-electron chi connectivity index (χ2n) is 16.1. The lowest BCUT2D eigenvalue weighted by Crippen LogP contribution is -2.55. The van der Waals surface area contributed by atoms with Gasteiger partial charge in [-0.2, -0.15) is 15.2 Å². The van der Waals surface area contributed by atoms with Crippen LogP contribution in [0.3, 0.4) is 0 Å². The van der Waals surface area contributed by atoms with Crippen molar-refractivity contribution in [2.45, 2.75) is 38.9 Å². The fourth-order valence-electron chi connectivity index (χ4n) is 8.86. The molecule has 62 heavy (non-hydrogen) atoms. The molecule has 0 aliphatic carbocycles. The van der Waals surface area contributed by atoms with Gasteiger partial charge in [0.25, 0.3) is 0 Å². The molecule has 15 nitrogen and oxygen atoms in total. The SMILES string of the molecule is C=CC(=O)N1CCN(c2nc(OCC3CN(Cc4ccc(-n5c(O)nnc5-c5cc(C)c(O)cc5O)cc4)C3)nc3c2CCN(c2cccc4cccc(Cl)c24)C3)C[C@@H]1CC#N. The number of carbonyl (C=O) groups is 1. The maximum atomic E-state index is 12.7. The summed E-state index contributed by atoms with van der Waals surface area (Å²) in [6.45, 7) is 10.9. The largest absolute Gasteiger partial charge is 0.508 e. The van der Waals surface area contributed by atoms with Crippen molar-refractivity contribution in [2.24, 2.45) is 5.92 Å². The Bertz CT molecular complexity index is 2730. The van der Waals surface area contributed by atoms with Crippen LogP contribution in [-0.2, 0) is 24.3 Å². The van der Waals surface area contributed by atoms with Crippen molar-refractivity contribution in [3.63, 3.8) is 0 Å². The van der Waals surface area contributed by atoms with E-state index in [9.17, 15) is 25.4 Å². The minimum Gasteiger partial charge on any atom is -0.508 e. The van der Waals surface area contributed by atoms with Gasteiger partial charge in [0.2, 0.25) is 5.91 Å². The summed E-state index contributed by atoms with van der Waals surface area (Å²) in [5.74, 6) is 0.894. The number of anilines is 2. The number of hydrogen-bond donors (Lipinski definition) is 3. The number of likely N-dealkylation sites (tertiary alicyclic amines) is 1. The van der Waals surface area contributed by atoms with Crippen LogP contribution < -0.4 is 14.5 Å². The average molecular weight is 853 g/mol. The van der Waals surface area contributed by atoms with Gasteiger partial charge in [0.15, 0.2) is 5.82 Å². The molecule has 3 aliphatic heterocycles. The number of benzene rings is 4. The summed E-state index contributed by atoms with van der Waals surface area (Å²) in [6, 6.07) is 24.6. The van der Waals surface area contributed by atoms with Gasteiger partial charge in [0.1, 0.15) is 17.3 Å². The molecule has 0 saturated carbocycles. The normalized spacial score (nSPS) is 16.8. The molecule has 9 rings (SSSR count). The summed E-state index contributed by atoms with van der Waals surface area (Å²) in [5.41, 5.74) is 5.55. The molecule has 3 N–H and O–H groups in total. The molecule has 6 aromatic rings. The Kier molecular flexibility index (Phi) is 11.0. The van der Waals surface area contributed by atoms with Gasteiger partial charge in [-0.1, -0.05) is 59.7 Å². The van der Waals surface area contributed by atoms with Crippen molar-refractivity contribution in [3.8, 4) is 46.7 Å². The second kappa shape index (κ2) is 16.9. The average Bonchev–Trinajstić information content (AvgIpc) is 3.65. The number of piperazine rings is 1. The van der Waals surface area contributed by atoms with Gasteiger partial charge in [-0.15, -0.1) is 5.10 Å². The highest BCUT2D eigenvalue weighted by atomic mass is 35.5. The first-order chi connectivity index (χ1) is 30.1. The zero-order chi connectivity index (χ0) is 43.1. The molecule has 5 heterocycles. The Morgan fingerprint density at radius 1 is 0.968 bits per heavy atom. The monoisotopic (exact) mass is 852 g/mol. The number of fused-ring (bicyclic) bond motifs is 2. The minimum atomic E-state index is -0.323. The number of ether oxygens (including phenoxy) is 1. The number of aromatic nitrogens is 5. The molecular weight excluding hydrogens is 808 g/mol. The second-order valence-corrected chi connectivity index (χ2v) is 16.5. The minimum absolute atomic E-state index is 0.0423. The first-order valence-corrected chi connectivity index (χ1v) is 20.9. The van der Waals surface area contributed by atoms with Crippen LogP contribution in [0.25, 0.3) is 27.8 Å². The van der Waals surface area contributed by atoms with Gasteiger partial charge in [-0.05, 0) is 66.3 Å². The van der Waals surface area contributed by atoms with Gasteiger partial charge in [0.05, 0.1) is 53.7 Å². The molecule has 3 aliphatic rings. The fourth-order valence-corrected chi connectivity index (χ4v) is 9.14. The van der Waals surface area contributed by atoms with E-state index in [2.05, 4.69) is 55.7 Å². The van der Waals surface area contributed by atoms with E-state index in [1.165, 1.54) is 16.7 Å². The van der Waals surface area contributed by atoms with Gasteiger partial charge in [0, 0.05) is 74.4 Å². The van der Waals surface area contributed by atoms with Gasteiger partial charge >= 0.3 is 12.0 Å². The molecule has 0 unspecified atom stereocenters. The molecule has 2 saturated heterocycles. The summed E-state index contributed by atoms with van der Waals surface area (Å²) in [6.07, 6.45) is 2.20. The Hall–Kier alpha value is -6.89. The Labute approximate surface area is 363 Å². The number of halogens is 1. The number of aromatic hydroxyl groups is 3. The number of phenolic OH excluding ortho intramolecular Hbond substituents is 2. The van der Waals surface area contributed by atoms with E-state index < -0.39 is 0 Å². The highest BCUT2D eigenvalue weighted by Crippen LogP contribution is 2.39. The van der Waals surface area contributed by atoms with Crippen LogP contribution in [0, 0.1) is 24.2 Å². The van der Waals surface area contributed by atoms with Crippen LogP contribution in [0.15, 0.2) is 85.5 Å². The standard InChI is InChI=1S/C46H45ClN10O5/c1-3-41(60)56-19-18-55(25-33(56)14-16-48)43-34-15-17-54(38-9-5-7-31-6-4-8-36(47)42(31)38)26-37(34)49-45(50-43)62-27-30-23-53(24-30)22-29-10-12-32(13-11-29)57-44(51-52-46(57)61)35-20-28(2)39(58)21-40(35)59/h3-13,20-21,30,33,58-59H,1,14-15,17-19,22-27H2,2H3,(H,52,61)/t33-/m0/s1.